The third-order valence-corrected chi connectivity index (χ3v) is 2.97. The predicted molar refractivity (Wildman–Crippen MR) is 72.2 cm³/mol. The molecule has 100 valence electrons. The maximum atomic E-state index is 11.3. The van der Waals surface area contributed by atoms with Gasteiger partial charge in [0.2, 0.25) is 5.91 Å². The van der Waals surface area contributed by atoms with Crippen LogP contribution < -0.4 is 10.6 Å². The van der Waals surface area contributed by atoms with Crippen molar-refractivity contribution < 1.29 is 9.90 Å². The minimum absolute atomic E-state index is 0.00753. The lowest BCUT2D eigenvalue weighted by Crippen LogP contribution is -2.44. The molecule has 0 saturated heterocycles. The van der Waals surface area contributed by atoms with Crippen LogP contribution in [0.5, 0.6) is 0 Å². The average molecular weight is 250 g/mol. The highest BCUT2D eigenvalue weighted by molar-refractivity contribution is 5.75. The molecule has 0 bridgehead atoms. The maximum Gasteiger partial charge on any atom is 0.221 e. The van der Waals surface area contributed by atoms with Gasteiger partial charge in [0.05, 0.1) is 12.1 Å². The van der Waals surface area contributed by atoms with Crippen molar-refractivity contribution >= 4 is 5.91 Å². The van der Waals surface area contributed by atoms with Crippen molar-refractivity contribution in [3.63, 3.8) is 0 Å². The van der Waals surface area contributed by atoms with Crippen molar-refractivity contribution in [1.82, 2.24) is 10.6 Å². The highest BCUT2D eigenvalue weighted by Crippen LogP contribution is 2.19. The molecule has 18 heavy (non-hydrogen) atoms. The lowest BCUT2D eigenvalue weighted by Gasteiger charge is -2.29. The number of hydrogen-bond acceptors (Lipinski definition) is 3. The van der Waals surface area contributed by atoms with E-state index in [4.69, 9.17) is 0 Å². The highest BCUT2D eigenvalue weighted by Gasteiger charge is 2.24. The number of rotatable bonds is 7. The molecule has 0 fully saturated rings. The zero-order chi connectivity index (χ0) is 13.4. The van der Waals surface area contributed by atoms with Crippen LogP contribution in [-0.4, -0.2) is 30.7 Å². The number of aliphatic hydroxyl groups is 1. The van der Waals surface area contributed by atoms with Gasteiger partial charge in [-0.15, -0.1) is 0 Å². The first-order chi connectivity index (χ1) is 8.62. The van der Waals surface area contributed by atoms with Gasteiger partial charge >= 0.3 is 0 Å². The Labute approximate surface area is 108 Å². The van der Waals surface area contributed by atoms with Gasteiger partial charge in [0.15, 0.2) is 0 Å². The quantitative estimate of drug-likeness (QED) is 0.677. The summed E-state index contributed by atoms with van der Waals surface area (Å²) in [4.78, 5) is 11.3. The van der Waals surface area contributed by atoms with Gasteiger partial charge in [-0.1, -0.05) is 30.3 Å². The van der Waals surface area contributed by atoms with Crippen LogP contribution in [0.4, 0.5) is 0 Å². The van der Waals surface area contributed by atoms with Gasteiger partial charge < -0.3 is 15.7 Å². The van der Waals surface area contributed by atoms with E-state index in [9.17, 15) is 9.90 Å². The van der Waals surface area contributed by atoms with E-state index in [-0.39, 0.29) is 12.5 Å². The van der Waals surface area contributed by atoms with Crippen LogP contribution in [0.25, 0.3) is 0 Å². The van der Waals surface area contributed by atoms with E-state index < -0.39 is 5.54 Å². The summed E-state index contributed by atoms with van der Waals surface area (Å²) in [6.45, 7) is 5.01. The first-order valence-electron chi connectivity index (χ1n) is 6.30. The van der Waals surface area contributed by atoms with Gasteiger partial charge in [-0.2, -0.15) is 0 Å². The van der Waals surface area contributed by atoms with Gasteiger partial charge in [0.25, 0.3) is 0 Å². The van der Waals surface area contributed by atoms with Crippen molar-refractivity contribution in [3.8, 4) is 0 Å². The van der Waals surface area contributed by atoms with Gasteiger partial charge in [-0.3, -0.25) is 4.79 Å². The predicted octanol–water partition coefficient (Wildman–Crippen LogP) is 1.01. The number of carbonyl (C=O) groups is 1. The molecule has 0 saturated carbocycles. The molecule has 0 aliphatic heterocycles. The molecule has 0 aliphatic rings. The Kier molecular flexibility index (Phi) is 5.82. The minimum atomic E-state index is -0.506. The number of benzene rings is 1. The Morgan fingerprint density at radius 1 is 1.33 bits per heavy atom. The molecule has 1 atom stereocenters. The number of nitrogens with one attached hydrogen (secondary N) is 2. The minimum Gasteiger partial charge on any atom is -0.394 e. The molecule has 3 N–H and O–H groups in total. The van der Waals surface area contributed by atoms with E-state index >= 15 is 0 Å². The largest absolute Gasteiger partial charge is 0.394 e. The zero-order valence-electron chi connectivity index (χ0n) is 11.1. The number of hydrogen-bond donors (Lipinski definition) is 3. The van der Waals surface area contributed by atoms with Crippen LogP contribution in [-0.2, 0) is 10.3 Å². The van der Waals surface area contributed by atoms with E-state index in [0.29, 0.717) is 19.5 Å². The van der Waals surface area contributed by atoms with E-state index in [1.807, 2.05) is 44.2 Å². The number of aliphatic hydroxyl groups excluding tert-OH is 1. The molecule has 1 aromatic carbocycles. The lowest BCUT2D eigenvalue weighted by atomic mass is 9.93. The third kappa shape index (κ3) is 4.13. The number of carbonyl (C=O) groups excluding carboxylic acids is 1. The second-order valence-electron chi connectivity index (χ2n) is 4.49. The first-order valence-corrected chi connectivity index (χ1v) is 6.30. The molecule has 0 aromatic heterocycles. The molecular weight excluding hydrogens is 228 g/mol. The van der Waals surface area contributed by atoms with Crippen LogP contribution in [0.3, 0.4) is 0 Å². The van der Waals surface area contributed by atoms with Crippen molar-refractivity contribution in [2.75, 3.05) is 19.7 Å². The highest BCUT2D eigenvalue weighted by atomic mass is 16.3. The van der Waals surface area contributed by atoms with Gasteiger partial charge in [-0.25, -0.2) is 0 Å². The fourth-order valence-corrected chi connectivity index (χ4v) is 1.79. The fourth-order valence-electron chi connectivity index (χ4n) is 1.79. The normalized spacial score (nSPS) is 13.9. The fraction of sp³-hybridized carbons (Fsp3) is 0.500. The van der Waals surface area contributed by atoms with Crippen LogP contribution in [0, 0.1) is 0 Å². The van der Waals surface area contributed by atoms with Crippen molar-refractivity contribution in [2.45, 2.75) is 25.8 Å². The smallest absolute Gasteiger partial charge is 0.221 e. The molecule has 1 rings (SSSR count). The Balaban J connectivity index is 2.54. The molecule has 1 aromatic rings. The Morgan fingerprint density at radius 3 is 2.56 bits per heavy atom. The van der Waals surface area contributed by atoms with Crippen LogP contribution in [0.2, 0.25) is 0 Å². The maximum absolute atomic E-state index is 11.3. The average Bonchev–Trinajstić information content (AvgIpc) is 2.40. The van der Waals surface area contributed by atoms with E-state index in [2.05, 4.69) is 10.6 Å². The SMILES string of the molecule is CCNC(=O)CCNC(C)(CO)c1ccccc1. The Hall–Kier alpha value is -1.39. The Morgan fingerprint density at radius 2 is 2.00 bits per heavy atom. The molecule has 1 amide bonds. The third-order valence-electron chi connectivity index (χ3n) is 2.97. The molecular formula is C14H22N2O2. The standard InChI is InChI=1S/C14H22N2O2/c1-3-15-13(18)9-10-16-14(2,11-17)12-7-5-4-6-8-12/h4-8,16-17H,3,9-11H2,1-2H3,(H,15,18). The summed E-state index contributed by atoms with van der Waals surface area (Å²) in [5.74, 6) is 0.0263. The zero-order valence-corrected chi connectivity index (χ0v) is 11.1. The molecule has 0 spiro atoms. The summed E-state index contributed by atoms with van der Waals surface area (Å²) in [5, 5.41) is 15.5. The first kappa shape index (κ1) is 14.7. The number of amides is 1. The second-order valence-corrected chi connectivity index (χ2v) is 4.49. The topological polar surface area (TPSA) is 61.4 Å². The van der Waals surface area contributed by atoms with E-state index in [1.54, 1.807) is 0 Å². The van der Waals surface area contributed by atoms with Gasteiger partial charge in [0, 0.05) is 19.5 Å². The molecule has 0 radical (unpaired) electrons. The monoisotopic (exact) mass is 250 g/mol. The van der Waals surface area contributed by atoms with Crippen LogP contribution in [0.15, 0.2) is 30.3 Å². The van der Waals surface area contributed by atoms with Crippen molar-refractivity contribution in [2.24, 2.45) is 0 Å². The van der Waals surface area contributed by atoms with Gasteiger partial charge in [0.1, 0.15) is 0 Å². The molecule has 0 heterocycles. The summed E-state index contributed by atoms with van der Waals surface area (Å²) >= 11 is 0. The molecule has 4 nitrogen and oxygen atoms in total. The lowest BCUT2D eigenvalue weighted by molar-refractivity contribution is -0.120. The Bertz CT molecular complexity index is 367. The molecule has 0 aliphatic carbocycles. The summed E-state index contributed by atoms with van der Waals surface area (Å²) in [7, 11) is 0. The summed E-state index contributed by atoms with van der Waals surface area (Å²) < 4.78 is 0. The van der Waals surface area contributed by atoms with Crippen LogP contribution in [0.1, 0.15) is 25.8 Å². The summed E-state index contributed by atoms with van der Waals surface area (Å²) in [6.07, 6.45) is 0.413. The van der Waals surface area contributed by atoms with Crippen molar-refractivity contribution in [3.05, 3.63) is 35.9 Å². The summed E-state index contributed by atoms with van der Waals surface area (Å²) in [6, 6.07) is 9.75. The molecule has 1 unspecified atom stereocenters. The second kappa shape index (κ2) is 7.13. The molecule has 4 heteroatoms. The van der Waals surface area contributed by atoms with E-state index in [0.717, 1.165) is 5.56 Å². The van der Waals surface area contributed by atoms with Crippen molar-refractivity contribution in [1.29, 1.82) is 0 Å². The van der Waals surface area contributed by atoms with Crippen LogP contribution >= 0.6 is 0 Å². The summed E-state index contributed by atoms with van der Waals surface area (Å²) in [5.41, 5.74) is 0.511. The van der Waals surface area contributed by atoms with Gasteiger partial charge in [-0.05, 0) is 19.4 Å². The van der Waals surface area contributed by atoms with E-state index in [1.165, 1.54) is 0 Å².